The summed E-state index contributed by atoms with van der Waals surface area (Å²) >= 11 is 1.52. The van der Waals surface area contributed by atoms with Gasteiger partial charge >= 0.3 is 0 Å². The molecule has 6 heteroatoms. The Kier molecular flexibility index (Phi) is 5.20. The first kappa shape index (κ1) is 14.6. The number of carbonyl (C=O) groups excluding carboxylic acids is 1. The summed E-state index contributed by atoms with van der Waals surface area (Å²) in [6.07, 6.45) is 3.80. The zero-order valence-corrected chi connectivity index (χ0v) is 12.2. The number of carbonyl (C=O) groups is 1. The van der Waals surface area contributed by atoms with Gasteiger partial charge in [0.25, 0.3) is 0 Å². The van der Waals surface area contributed by atoms with Crippen molar-refractivity contribution in [1.82, 2.24) is 15.3 Å². The highest BCUT2D eigenvalue weighted by Gasteiger charge is 2.09. The summed E-state index contributed by atoms with van der Waals surface area (Å²) in [6.45, 7) is 3.18. The van der Waals surface area contributed by atoms with E-state index in [0.29, 0.717) is 25.4 Å². The van der Waals surface area contributed by atoms with Gasteiger partial charge in [-0.15, -0.1) is 11.3 Å². The molecule has 0 aliphatic rings. The smallest absolute Gasteiger partial charge is 0.226 e. The average molecular weight is 290 g/mol. The van der Waals surface area contributed by atoms with Gasteiger partial charge in [0, 0.05) is 29.9 Å². The van der Waals surface area contributed by atoms with E-state index in [1.165, 1.54) is 11.3 Å². The van der Waals surface area contributed by atoms with Crippen LogP contribution in [0.25, 0.3) is 10.6 Å². The predicted octanol–water partition coefficient (Wildman–Crippen LogP) is 1.46. The number of nitrogens with one attached hydrogen (secondary N) is 1. The van der Waals surface area contributed by atoms with E-state index in [1.807, 2.05) is 24.4 Å². The first-order valence-corrected chi connectivity index (χ1v) is 7.38. The molecule has 0 fully saturated rings. The maximum Gasteiger partial charge on any atom is 0.226 e. The highest BCUT2D eigenvalue weighted by atomic mass is 32.1. The van der Waals surface area contributed by atoms with Gasteiger partial charge in [0.1, 0.15) is 5.01 Å². The van der Waals surface area contributed by atoms with E-state index in [2.05, 4.69) is 15.3 Å². The molecule has 2 aromatic heterocycles. The van der Waals surface area contributed by atoms with E-state index in [-0.39, 0.29) is 5.91 Å². The molecule has 0 saturated carbocycles. The molecule has 0 bridgehead atoms. The van der Waals surface area contributed by atoms with E-state index in [0.717, 1.165) is 16.3 Å². The number of nitrogens with zero attached hydrogens (tertiary/aromatic N) is 2. The third-order valence-corrected chi connectivity index (χ3v) is 3.79. The number of thiazole rings is 1. The second kappa shape index (κ2) is 7.12. The number of rotatable bonds is 6. The van der Waals surface area contributed by atoms with Crippen LogP contribution in [0.5, 0.6) is 0 Å². The first-order valence-electron chi connectivity index (χ1n) is 6.50. The van der Waals surface area contributed by atoms with Crippen LogP contribution in [0.3, 0.4) is 0 Å². The molecule has 1 unspecified atom stereocenters. The van der Waals surface area contributed by atoms with E-state index in [4.69, 9.17) is 5.73 Å². The number of pyridine rings is 1. The number of aromatic nitrogens is 2. The van der Waals surface area contributed by atoms with E-state index < -0.39 is 0 Å². The zero-order valence-electron chi connectivity index (χ0n) is 11.4. The maximum absolute atomic E-state index is 11.8. The lowest BCUT2D eigenvalue weighted by Gasteiger charge is -2.09. The largest absolute Gasteiger partial charge is 0.355 e. The van der Waals surface area contributed by atoms with E-state index >= 15 is 0 Å². The predicted molar refractivity (Wildman–Crippen MR) is 80.3 cm³/mol. The quantitative estimate of drug-likeness (QED) is 0.844. The van der Waals surface area contributed by atoms with Crippen molar-refractivity contribution in [3.8, 4) is 10.6 Å². The summed E-state index contributed by atoms with van der Waals surface area (Å²) < 4.78 is 0. The lowest BCUT2D eigenvalue weighted by atomic mass is 10.2. The van der Waals surface area contributed by atoms with Crippen LogP contribution in [0.1, 0.15) is 12.6 Å². The summed E-state index contributed by atoms with van der Waals surface area (Å²) in [7, 11) is 0. The fourth-order valence-corrected chi connectivity index (χ4v) is 2.42. The van der Waals surface area contributed by atoms with Gasteiger partial charge in [-0.25, -0.2) is 4.98 Å². The normalized spacial score (nSPS) is 12.1. The Morgan fingerprint density at radius 3 is 3.10 bits per heavy atom. The minimum absolute atomic E-state index is 0.0201. The van der Waals surface area contributed by atoms with Crippen LogP contribution in [0.15, 0.2) is 29.9 Å². The minimum Gasteiger partial charge on any atom is -0.355 e. The molecular formula is C14H18N4OS. The monoisotopic (exact) mass is 290 g/mol. The number of hydrogen-bond donors (Lipinski definition) is 2. The second-order valence-electron chi connectivity index (χ2n) is 4.71. The van der Waals surface area contributed by atoms with Crippen molar-refractivity contribution < 1.29 is 4.79 Å². The molecule has 20 heavy (non-hydrogen) atoms. The molecule has 0 spiro atoms. The lowest BCUT2D eigenvalue weighted by molar-refractivity contribution is -0.120. The van der Waals surface area contributed by atoms with Crippen LogP contribution in [0.2, 0.25) is 0 Å². The van der Waals surface area contributed by atoms with Crippen LogP contribution in [-0.2, 0) is 11.2 Å². The molecule has 0 radical (unpaired) electrons. The Bertz CT molecular complexity index is 555. The number of hydrogen-bond acceptors (Lipinski definition) is 5. The number of amides is 1. The van der Waals surface area contributed by atoms with Crippen LogP contribution >= 0.6 is 11.3 Å². The van der Waals surface area contributed by atoms with Crippen LogP contribution in [-0.4, -0.2) is 29.0 Å². The van der Waals surface area contributed by atoms with Gasteiger partial charge in [-0.1, -0.05) is 6.92 Å². The van der Waals surface area contributed by atoms with E-state index in [1.54, 1.807) is 12.4 Å². The van der Waals surface area contributed by atoms with Crippen molar-refractivity contribution in [2.45, 2.75) is 13.3 Å². The van der Waals surface area contributed by atoms with E-state index in [9.17, 15) is 4.79 Å². The fourth-order valence-electron chi connectivity index (χ4n) is 1.61. The van der Waals surface area contributed by atoms with Gasteiger partial charge in [0.15, 0.2) is 0 Å². The summed E-state index contributed by atoms with van der Waals surface area (Å²) in [5, 5.41) is 5.66. The lowest BCUT2D eigenvalue weighted by Crippen LogP contribution is -2.32. The van der Waals surface area contributed by atoms with Gasteiger partial charge in [-0.05, 0) is 24.6 Å². The molecule has 2 aromatic rings. The van der Waals surface area contributed by atoms with Gasteiger partial charge in [0.05, 0.1) is 12.1 Å². The molecule has 0 aromatic carbocycles. The van der Waals surface area contributed by atoms with Gasteiger partial charge in [-0.3, -0.25) is 9.78 Å². The topological polar surface area (TPSA) is 80.9 Å². The average Bonchev–Trinajstić information content (AvgIpc) is 2.94. The Hall–Kier alpha value is -1.79. The molecule has 0 aliphatic heterocycles. The Labute approximate surface area is 122 Å². The van der Waals surface area contributed by atoms with Crippen LogP contribution in [0.4, 0.5) is 0 Å². The molecule has 0 saturated heterocycles. The molecule has 2 rings (SSSR count). The second-order valence-corrected chi connectivity index (χ2v) is 5.57. The van der Waals surface area contributed by atoms with Crippen molar-refractivity contribution in [3.63, 3.8) is 0 Å². The molecular weight excluding hydrogens is 272 g/mol. The summed E-state index contributed by atoms with van der Waals surface area (Å²) in [4.78, 5) is 20.3. The molecule has 3 N–H and O–H groups in total. The Morgan fingerprint density at radius 2 is 2.40 bits per heavy atom. The van der Waals surface area contributed by atoms with Gasteiger partial charge in [0.2, 0.25) is 5.91 Å². The molecule has 5 nitrogen and oxygen atoms in total. The molecule has 2 heterocycles. The standard InChI is InChI=1S/C14H18N4OS/c1-10(6-15)7-17-13(19)5-12-9-20-14(18-12)11-3-2-4-16-8-11/h2-4,8-10H,5-7,15H2,1H3,(H,17,19). The molecule has 106 valence electrons. The summed E-state index contributed by atoms with van der Waals surface area (Å²) in [5.74, 6) is 0.272. The van der Waals surface area contributed by atoms with Gasteiger partial charge in [-0.2, -0.15) is 0 Å². The van der Waals surface area contributed by atoms with Crippen molar-refractivity contribution in [3.05, 3.63) is 35.6 Å². The maximum atomic E-state index is 11.8. The summed E-state index contributed by atoms with van der Waals surface area (Å²) in [5.41, 5.74) is 7.27. The Balaban J connectivity index is 1.91. The third-order valence-electron chi connectivity index (χ3n) is 2.85. The highest BCUT2D eigenvalue weighted by Crippen LogP contribution is 2.22. The van der Waals surface area contributed by atoms with Crippen LogP contribution < -0.4 is 11.1 Å². The number of nitrogens with two attached hydrogens (primary N) is 1. The Morgan fingerprint density at radius 1 is 1.55 bits per heavy atom. The van der Waals surface area contributed by atoms with Crippen molar-refractivity contribution >= 4 is 17.2 Å². The first-order chi connectivity index (χ1) is 9.69. The molecule has 0 aliphatic carbocycles. The SMILES string of the molecule is CC(CN)CNC(=O)Cc1csc(-c2cccnc2)n1. The zero-order chi connectivity index (χ0) is 14.4. The highest BCUT2D eigenvalue weighted by molar-refractivity contribution is 7.13. The third kappa shape index (κ3) is 4.11. The minimum atomic E-state index is -0.0201. The summed E-state index contributed by atoms with van der Waals surface area (Å²) in [6, 6.07) is 3.83. The molecule has 1 amide bonds. The van der Waals surface area contributed by atoms with Crippen molar-refractivity contribution in [2.24, 2.45) is 11.7 Å². The van der Waals surface area contributed by atoms with Crippen LogP contribution in [0, 0.1) is 5.92 Å². The van der Waals surface area contributed by atoms with Gasteiger partial charge < -0.3 is 11.1 Å². The van der Waals surface area contributed by atoms with Crippen molar-refractivity contribution in [1.29, 1.82) is 0 Å². The van der Waals surface area contributed by atoms with Crippen molar-refractivity contribution in [2.75, 3.05) is 13.1 Å². The fraction of sp³-hybridized carbons (Fsp3) is 0.357. The molecule has 1 atom stereocenters.